The molecule has 30 heavy (non-hydrogen) atoms. The number of rotatable bonds is 5. The molecule has 5 aromatic rings. The van der Waals surface area contributed by atoms with Crippen LogP contribution in [0.2, 0.25) is 0 Å². The van der Waals surface area contributed by atoms with Crippen molar-refractivity contribution in [3.05, 3.63) is 109 Å². The van der Waals surface area contributed by atoms with E-state index < -0.39 is 6.04 Å². The minimum atomic E-state index is -0.436. The van der Waals surface area contributed by atoms with Crippen LogP contribution in [0.15, 0.2) is 96.1 Å². The molecule has 3 heterocycles. The fourth-order valence-corrected chi connectivity index (χ4v) is 3.33. The summed E-state index contributed by atoms with van der Waals surface area (Å²) in [6.07, 6.45) is 4.53. The van der Waals surface area contributed by atoms with E-state index in [1.165, 1.54) is 17.3 Å². The van der Waals surface area contributed by atoms with E-state index in [9.17, 15) is 4.79 Å². The SMILES string of the molecule is O=C(N[C@@H](c1ccccc1)c1cc2ccccc2o1)c1ccnc(-n2cncn2)c1. The number of hydrogen-bond donors (Lipinski definition) is 1. The Bertz CT molecular complexity index is 1260. The highest BCUT2D eigenvalue weighted by molar-refractivity contribution is 5.95. The zero-order valence-electron chi connectivity index (χ0n) is 15.8. The van der Waals surface area contributed by atoms with Gasteiger partial charge in [0.25, 0.3) is 5.91 Å². The first-order valence-corrected chi connectivity index (χ1v) is 9.43. The summed E-state index contributed by atoms with van der Waals surface area (Å²) >= 11 is 0. The van der Waals surface area contributed by atoms with Crippen LogP contribution >= 0.6 is 0 Å². The highest BCUT2D eigenvalue weighted by Gasteiger charge is 2.22. The van der Waals surface area contributed by atoms with Gasteiger partial charge >= 0.3 is 0 Å². The van der Waals surface area contributed by atoms with Gasteiger partial charge in [0, 0.05) is 17.1 Å². The van der Waals surface area contributed by atoms with E-state index in [2.05, 4.69) is 20.4 Å². The number of para-hydroxylation sites is 1. The zero-order valence-corrected chi connectivity index (χ0v) is 15.8. The molecular formula is C23H17N5O2. The Labute approximate surface area is 172 Å². The van der Waals surface area contributed by atoms with Crippen molar-refractivity contribution in [3.8, 4) is 5.82 Å². The first-order valence-electron chi connectivity index (χ1n) is 9.43. The van der Waals surface area contributed by atoms with Crippen LogP contribution in [-0.2, 0) is 0 Å². The highest BCUT2D eigenvalue weighted by atomic mass is 16.3. The summed E-state index contributed by atoms with van der Waals surface area (Å²) in [4.78, 5) is 21.3. The molecule has 3 aromatic heterocycles. The van der Waals surface area contributed by atoms with E-state index >= 15 is 0 Å². The number of hydrogen-bond acceptors (Lipinski definition) is 5. The minimum Gasteiger partial charge on any atom is -0.459 e. The van der Waals surface area contributed by atoms with Crippen molar-refractivity contribution in [3.63, 3.8) is 0 Å². The summed E-state index contributed by atoms with van der Waals surface area (Å²) < 4.78 is 7.56. The topological polar surface area (TPSA) is 85.8 Å². The van der Waals surface area contributed by atoms with Crippen LogP contribution in [0.1, 0.15) is 27.7 Å². The lowest BCUT2D eigenvalue weighted by Crippen LogP contribution is -2.29. The number of carbonyl (C=O) groups is 1. The highest BCUT2D eigenvalue weighted by Crippen LogP contribution is 2.28. The van der Waals surface area contributed by atoms with Gasteiger partial charge in [-0.05, 0) is 29.8 Å². The molecule has 0 spiro atoms. The predicted octanol–water partition coefficient (Wildman–Crippen LogP) is 3.93. The molecular weight excluding hydrogens is 378 g/mol. The third kappa shape index (κ3) is 3.44. The van der Waals surface area contributed by atoms with Gasteiger partial charge in [0.2, 0.25) is 0 Å². The molecule has 0 aliphatic carbocycles. The van der Waals surface area contributed by atoms with E-state index in [0.29, 0.717) is 17.1 Å². The third-order valence-electron chi connectivity index (χ3n) is 4.80. The van der Waals surface area contributed by atoms with Gasteiger partial charge in [-0.3, -0.25) is 4.79 Å². The second-order valence-corrected chi connectivity index (χ2v) is 6.75. The summed E-state index contributed by atoms with van der Waals surface area (Å²) in [5.74, 6) is 0.939. The summed E-state index contributed by atoms with van der Waals surface area (Å²) in [7, 11) is 0. The van der Waals surface area contributed by atoms with E-state index in [0.717, 1.165) is 16.5 Å². The monoisotopic (exact) mass is 395 g/mol. The number of carbonyl (C=O) groups excluding carboxylic acids is 1. The van der Waals surface area contributed by atoms with Gasteiger partial charge in [0.1, 0.15) is 30.0 Å². The van der Waals surface area contributed by atoms with Crippen molar-refractivity contribution in [2.45, 2.75) is 6.04 Å². The molecule has 146 valence electrons. The fraction of sp³-hybridized carbons (Fsp3) is 0.0435. The first kappa shape index (κ1) is 17.8. The Balaban J connectivity index is 1.50. The average molecular weight is 395 g/mol. The van der Waals surface area contributed by atoms with E-state index in [-0.39, 0.29) is 5.91 Å². The summed E-state index contributed by atoms with van der Waals surface area (Å²) in [5, 5.41) is 8.14. The Morgan fingerprint density at radius 2 is 1.83 bits per heavy atom. The molecule has 0 saturated carbocycles. The molecule has 0 radical (unpaired) electrons. The van der Waals surface area contributed by atoms with Crippen molar-refractivity contribution in [1.82, 2.24) is 25.1 Å². The van der Waals surface area contributed by atoms with Gasteiger partial charge in [-0.1, -0.05) is 48.5 Å². The van der Waals surface area contributed by atoms with E-state index in [1.807, 2.05) is 60.7 Å². The minimum absolute atomic E-state index is 0.243. The first-order chi connectivity index (χ1) is 14.8. The number of furan rings is 1. The van der Waals surface area contributed by atoms with E-state index in [1.54, 1.807) is 18.3 Å². The smallest absolute Gasteiger partial charge is 0.252 e. The Hall–Kier alpha value is -4.26. The second kappa shape index (κ2) is 7.63. The molecule has 1 atom stereocenters. The van der Waals surface area contributed by atoms with E-state index in [4.69, 9.17) is 4.42 Å². The third-order valence-corrected chi connectivity index (χ3v) is 4.80. The van der Waals surface area contributed by atoms with Crippen LogP contribution in [0.3, 0.4) is 0 Å². The average Bonchev–Trinajstić information content (AvgIpc) is 3.48. The summed E-state index contributed by atoms with van der Waals surface area (Å²) in [6.45, 7) is 0. The van der Waals surface area contributed by atoms with Gasteiger partial charge in [-0.25, -0.2) is 14.6 Å². The molecule has 5 rings (SSSR count). The van der Waals surface area contributed by atoms with Crippen LogP contribution in [0, 0.1) is 0 Å². The number of nitrogens with zero attached hydrogens (tertiary/aromatic N) is 4. The number of benzene rings is 2. The van der Waals surface area contributed by atoms with Gasteiger partial charge in [-0.2, -0.15) is 5.10 Å². The number of amides is 1. The van der Waals surface area contributed by atoms with Crippen molar-refractivity contribution < 1.29 is 9.21 Å². The zero-order chi connectivity index (χ0) is 20.3. The lowest BCUT2D eigenvalue weighted by Gasteiger charge is -2.17. The number of aromatic nitrogens is 4. The van der Waals surface area contributed by atoms with Crippen molar-refractivity contribution in [2.75, 3.05) is 0 Å². The predicted molar refractivity (Wildman–Crippen MR) is 111 cm³/mol. The fourth-order valence-electron chi connectivity index (χ4n) is 3.33. The van der Waals surface area contributed by atoms with Crippen LogP contribution in [-0.4, -0.2) is 25.7 Å². The molecule has 0 unspecified atom stereocenters. The Morgan fingerprint density at radius 1 is 1.00 bits per heavy atom. The van der Waals surface area contributed by atoms with Crippen LogP contribution in [0.5, 0.6) is 0 Å². The number of nitrogens with one attached hydrogen (secondary N) is 1. The molecule has 7 heteroatoms. The summed E-state index contributed by atoms with van der Waals surface area (Å²) in [6, 6.07) is 22.4. The normalized spacial score (nSPS) is 12.0. The number of pyridine rings is 1. The Kier molecular flexibility index (Phi) is 4.53. The van der Waals surface area contributed by atoms with Gasteiger partial charge in [-0.15, -0.1) is 0 Å². The van der Waals surface area contributed by atoms with Crippen LogP contribution in [0.4, 0.5) is 0 Å². The van der Waals surface area contributed by atoms with Gasteiger partial charge in [0.05, 0.1) is 0 Å². The maximum absolute atomic E-state index is 13.1. The molecule has 2 aromatic carbocycles. The van der Waals surface area contributed by atoms with Gasteiger partial charge < -0.3 is 9.73 Å². The lowest BCUT2D eigenvalue weighted by atomic mass is 10.0. The molecule has 0 fully saturated rings. The molecule has 1 amide bonds. The van der Waals surface area contributed by atoms with Gasteiger partial charge in [0.15, 0.2) is 5.82 Å². The molecule has 0 aliphatic rings. The largest absolute Gasteiger partial charge is 0.459 e. The van der Waals surface area contributed by atoms with Crippen molar-refractivity contribution >= 4 is 16.9 Å². The Morgan fingerprint density at radius 3 is 2.63 bits per heavy atom. The molecule has 1 N–H and O–H groups in total. The molecule has 0 aliphatic heterocycles. The lowest BCUT2D eigenvalue weighted by molar-refractivity contribution is 0.0939. The summed E-state index contributed by atoms with van der Waals surface area (Å²) in [5.41, 5.74) is 2.17. The maximum atomic E-state index is 13.1. The maximum Gasteiger partial charge on any atom is 0.252 e. The molecule has 7 nitrogen and oxygen atoms in total. The molecule has 0 bridgehead atoms. The van der Waals surface area contributed by atoms with Crippen LogP contribution < -0.4 is 5.32 Å². The standard InChI is InChI=1S/C23H17N5O2/c29-23(18-10-11-25-21(13-18)28-15-24-14-26-28)27-22(16-6-2-1-3-7-16)20-12-17-8-4-5-9-19(17)30-20/h1-15,22H,(H,27,29)/t22-/m0/s1. The second-order valence-electron chi connectivity index (χ2n) is 6.75. The van der Waals surface area contributed by atoms with Crippen molar-refractivity contribution in [2.24, 2.45) is 0 Å². The number of fused-ring (bicyclic) bond motifs is 1. The van der Waals surface area contributed by atoms with Crippen LogP contribution in [0.25, 0.3) is 16.8 Å². The quantitative estimate of drug-likeness (QED) is 0.487. The molecule has 0 saturated heterocycles. The van der Waals surface area contributed by atoms with Crippen molar-refractivity contribution in [1.29, 1.82) is 0 Å².